The smallest absolute Gasteiger partial charge is 0.191 e. The van der Waals surface area contributed by atoms with Crippen LogP contribution in [0.3, 0.4) is 0 Å². The Labute approximate surface area is 122 Å². The van der Waals surface area contributed by atoms with Crippen molar-refractivity contribution in [3.8, 4) is 0 Å². The fourth-order valence-corrected chi connectivity index (χ4v) is 2.56. The Bertz CT molecular complexity index is 259. The third-order valence-electron chi connectivity index (χ3n) is 3.95. The molecule has 0 aromatic heterocycles. The minimum Gasteiger partial charge on any atom is -0.370 e. The van der Waals surface area contributed by atoms with E-state index in [1.54, 1.807) is 0 Å². The fourth-order valence-electron chi connectivity index (χ4n) is 2.56. The molecule has 0 aromatic carbocycles. The summed E-state index contributed by atoms with van der Waals surface area (Å²) in [5.74, 6) is 2.49. The van der Waals surface area contributed by atoms with Gasteiger partial charge in [0.05, 0.1) is 6.04 Å². The summed E-state index contributed by atoms with van der Waals surface area (Å²) in [6, 6.07) is 0.541. The molecule has 2 fully saturated rings. The van der Waals surface area contributed by atoms with E-state index in [0.717, 1.165) is 30.9 Å². The molecule has 0 amide bonds. The lowest BCUT2D eigenvalue weighted by Gasteiger charge is -2.31. The first kappa shape index (κ1) is 15.1. The number of rotatable bonds is 3. The molecule has 2 N–H and O–H groups in total. The minimum absolute atomic E-state index is 0. The van der Waals surface area contributed by atoms with E-state index >= 15 is 0 Å². The van der Waals surface area contributed by atoms with Crippen molar-refractivity contribution in [3.05, 3.63) is 0 Å². The summed E-state index contributed by atoms with van der Waals surface area (Å²) in [5.41, 5.74) is 6.07. The van der Waals surface area contributed by atoms with Crippen molar-refractivity contribution >= 4 is 29.9 Å². The van der Waals surface area contributed by atoms with Crippen molar-refractivity contribution < 1.29 is 0 Å². The average molecular weight is 351 g/mol. The maximum absolute atomic E-state index is 6.07. The molecule has 1 saturated heterocycles. The molecule has 2 atom stereocenters. The zero-order valence-corrected chi connectivity index (χ0v) is 13.4. The molecule has 2 aliphatic rings. The third kappa shape index (κ3) is 4.30. The quantitative estimate of drug-likeness (QED) is 0.483. The van der Waals surface area contributed by atoms with Crippen molar-refractivity contribution in [2.75, 3.05) is 13.1 Å². The molecule has 0 spiro atoms. The number of nitrogens with zero attached hydrogens (tertiary/aromatic N) is 2. The van der Waals surface area contributed by atoms with Crippen molar-refractivity contribution in [2.45, 2.75) is 52.0 Å². The highest BCUT2D eigenvalue weighted by atomic mass is 127. The van der Waals surface area contributed by atoms with Gasteiger partial charge in [-0.15, -0.1) is 24.0 Å². The Morgan fingerprint density at radius 2 is 2.00 bits per heavy atom. The molecule has 1 aliphatic carbocycles. The first-order chi connectivity index (χ1) is 7.70. The monoisotopic (exact) mass is 351 g/mol. The van der Waals surface area contributed by atoms with Crippen LogP contribution in [-0.4, -0.2) is 30.0 Å². The highest BCUT2D eigenvalue weighted by Gasteiger charge is 2.36. The average Bonchev–Trinajstić information content (AvgIpc) is 2.98. The van der Waals surface area contributed by atoms with E-state index in [9.17, 15) is 0 Å². The summed E-state index contributed by atoms with van der Waals surface area (Å²) in [7, 11) is 0. The topological polar surface area (TPSA) is 41.6 Å². The van der Waals surface area contributed by atoms with Crippen LogP contribution in [0.2, 0.25) is 0 Å². The number of guanidine groups is 1. The molecule has 0 radical (unpaired) electrons. The van der Waals surface area contributed by atoms with Gasteiger partial charge in [0.2, 0.25) is 0 Å². The second-order valence-electron chi connectivity index (χ2n) is 5.51. The number of hydrogen-bond acceptors (Lipinski definition) is 1. The molecule has 1 heterocycles. The molecule has 0 unspecified atom stereocenters. The van der Waals surface area contributed by atoms with Gasteiger partial charge in [0.15, 0.2) is 5.96 Å². The molecular formula is C13H26IN3. The van der Waals surface area contributed by atoms with Crippen LogP contribution < -0.4 is 5.73 Å². The van der Waals surface area contributed by atoms with Crippen LogP contribution in [-0.2, 0) is 0 Å². The lowest BCUT2D eigenvalue weighted by Crippen LogP contribution is -2.42. The van der Waals surface area contributed by atoms with Crippen LogP contribution >= 0.6 is 24.0 Å². The lowest BCUT2D eigenvalue weighted by atomic mass is 10.00. The molecule has 3 nitrogen and oxygen atoms in total. The van der Waals surface area contributed by atoms with E-state index < -0.39 is 0 Å². The van der Waals surface area contributed by atoms with E-state index in [2.05, 4.69) is 23.7 Å². The van der Waals surface area contributed by atoms with Gasteiger partial charge in [-0.1, -0.05) is 20.3 Å². The zero-order valence-electron chi connectivity index (χ0n) is 11.1. The predicted octanol–water partition coefficient (Wildman–Crippen LogP) is 2.84. The Hall–Kier alpha value is 0. The molecular weight excluding hydrogens is 325 g/mol. The number of hydrogen-bond donors (Lipinski definition) is 1. The zero-order chi connectivity index (χ0) is 11.5. The van der Waals surface area contributed by atoms with Gasteiger partial charge in [0, 0.05) is 13.1 Å². The van der Waals surface area contributed by atoms with Crippen LogP contribution in [0.1, 0.15) is 46.0 Å². The van der Waals surface area contributed by atoms with Gasteiger partial charge in [0.25, 0.3) is 0 Å². The summed E-state index contributed by atoms with van der Waals surface area (Å²) in [6.07, 6.45) is 6.38. The second-order valence-corrected chi connectivity index (χ2v) is 5.51. The summed E-state index contributed by atoms with van der Waals surface area (Å²) >= 11 is 0. The molecule has 1 aliphatic heterocycles. The van der Waals surface area contributed by atoms with Crippen LogP contribution in [0.4, 0.5) is 0 Å². The maximum atomic E-state index is 6.07. The summed E-state index contributed by atoms with van der Waals surface area (Å²) in [4.78, 5) is 6.92. The van der Waals surface area contributed by atoms with Crippen LogP contribution in [0, 0.1) is 11.8 Å². The fraction of sp³-hybridized carbons (Fsp3) is 0.923. The summed E-state index contributed by atoms with van der Waals surface area (Å²) in [5, 5.41) is 0. The van der Waals surface area contributed by atoms with E-state index in [0.29, 0.717) is 6.04 Å². The van der Waals surface area contributed by atoms with Crippen molar-refractivity contribution in [1.82, 2.24) is 4.90 Å². The number of likely N-dealkylation sites (tertiary alicyclic amines) is 1. The van der Waals surface area contributed by atoms with Gasteiger partial charge in [0.1, 0.15) is 0 Å². The predicted molar refractivity (Wildman–Crippen MR) is 83.8 cm³/mol. The minimum atomic E-state index is 0. The Kier molecular flexibility index (Phi) is 6.03. The largest absolute Gasteiger partial charge is 0.370 e. The van der Waals surface area contributed by atoms with Crippen molar-refractivity contribution in [3.63, 3.8) is 0 Å². The Morgan fingerprint density at radius 3 is 2.59 bits per heavy atom. The Morgan fingerprint density at radius 1 is 1.35 bits per heavy atom. The van der Waals surface area contributed by atoms with Gasteiger partial charge < -0.3 is 10.6 Å². The van der Waals surface area contributed by atoms with Gasteiger partial charge in [-0.05, 0) is 37.5 Å². The van der Waals surface area contributed by atoms with E-state index in [-0.39, 0.29) is 24.0 Å². The van der Waals surface area contributed by atoms with Gasteiger partial charge in [-0.25, -0.2) is 4.99 Å². The number of halogens is 1. The standard InChI is InChI=1S/C13H25N3.HI/c1-3-4-11-9-12(11)15-13(14)16-7-5-10(2)6-8-16;/h10-12H,3-9H2,1-2H3,(H2,14,15);1H/t11-,12-;/m1./s1. The van der Waals surface area contributed by atoms with Crippen LogP contribution in [0.25, 0.3) is 0 Å². The normalized spacial score (nSPS) is 30.0. The molecule has 0 bridgehead atoms. The van der Waals surface area contributed by atoms with E-state index in [1.807, 2.05) is 0 Å². The Balaban J connectivity index is 0.00000144. The molecule has 1 saturated carbocycles. The van der Waals surface area contributed by atoms with E-state index in [1.165, 1.54) is 32.1 Å². The molecule has 0 aromatic rings. The number of aliphatic imine (C=N–C) groups is 1. The molecule has 4 heteroatoms. The second kappa shape index (κ2) is 6.81. The van der Waals surface area contributed by atoms with Crippen molar-refractivity contribution in [2.24, 2.45) is 22.6 Å². The number of piperidine rings is 1. The maximum Gasteiger partial charge on any atom is 0.191 e. The van der Waals surface area contributed by atoms with Gasteiger partial charge in [-0.2, -0.15) is 0 Å². The summed E-state index contributed by atoms with van der Waals surface area (Å²) in [6.45, 7) is 6.76. The summed E-state index contributed by atoms with van der Waals surface area (Å²) < 4.78 is 0. The SMILES string of the molecule is CCC[C@@H]1C[C@H]1N=C(N)N1CCC(C)CC1.I. The van der Waals surface area contributed by atoms with E-state index in [4.69, 9.17) is 5.73 Å². The lowest BCUT2D eigenvalue weighted by molar-refractivity contribution is 0.277. The number of nitrogens with two attached hydrogens (primary N) is 1. The highest BCUT2D eigenvalue weighted by Crippen LogP contribution is 2.37. The third-order valence-corrected chi connectivity index (χ3v) is 3.95. The molecule has 17 heavy (non-hydrogen) atoms. The van der Waals surface area contributed by atoms with Crippen LogP contribution in [0.15, 0.2) is 4.99 Å². The first-order valence-corrected chi connectivity index (χ1v) is 6.79. The van der Waals surface area contributed by atoms with Crippen molar-refractivity contribution in [1.29, 1.82) is 0 Å². The highest BCUT2D eigenvalue weighted by molar-refractivity contribution is 14.0. The van der Waals surface area contributed by atoms with Gasteiger partial charge in [-0.3, -0.25) is 0 Å². The molecule has 100 valence electrons. The first-order valence-electron chi connectivity index (χ1n) is 6.79. The van der Waals surface area contributed by atoms with Crippen LogP contribution in [0.5, 0.6) is 0 Å². The molecule has 2 rings (SSSR count). The van der Waals surface area contributed by atoms with Gasteiger partial charge >= 0.3 is 0 Å².